The molecule has 0 saturated carbocycles. The molecule has 1 aromatic rings. The number of nitrogens with one attached hydrogen (secondary N) is 1. The van der Waals surface area contributed by atoms with Gasteiger partial charge >= 0.3 is 0 Å². The number of fused-ring (bicyclic) bond motifs is 2. The Bertz CT molecular complexity index is 700. The van der Waals surface area contributed by atoms with Gasteiger partial charge in [-0.25, -0.2) is 0 Å². The van der Waals surface area contributed by atoms with E-state index in [2.05, 4.69) is 4.98 Å². The standard InChI is InChI=1S/C13H9NO2/c15-9-6-12-10(13(16)7-9)5-8-3-1-2-4-11(8)14-12/h1-7,14-15H. The molecule has 0 amide bonds. The Hall–Kier alpha value is -2.29. The molecular weight excluding hydrogens is 202 g/mol. The summed E-state index contributed by atoms with van der Waals surface area (Å²) in [5, 5.41) is 10.3. The van der Waals surface area contributed by atoms with Gasteiger partial charge in [-0.2, -0.15) is 0 Å². The molecule has 3 rings (SSSR count). The predicted molar refractivity (Wildman–Crippen MR) is 62.9 cm³/mol. The second-order valence-electron chi connectivity index (χ2n) is 3.76. The lowest BCUT2D eigenvalue weighted by molar-refractivity contribution is 0.475. The minimum absolute atomic E-state index is 0.0102. The highest BCUT2D eigenvalue weighted by atomic mass is 16.3. The first-order valence-electron chi connectivity index (χ1n) is 4.99. The van der Waals surface area contributed by atoms with E-state index in [0.717, 1.165) is 10.9 Å². The summed E-state index contributed by atoms with van der Waals surface area (Å²) in [5.74, 6) is -0.0102. The van der Waals surface area contributed by atoms with Crippen molar-refractivity contribution in [1.82, 2.24) is 4.98 Å². The number of rotatable bonds is 0. The summed E-state index contributed by atoms with van der Waals surface area (Å²) < 4.78 is 0. The van der Waals surface area contributed by atoms with Gasteiger partial charge in [-0.05, 0) is 17.5 Å². The molecule has 0 radical (unpaired) electrons. The van der Waals surface area contributed by atoms with Crippen molar-refractivity contribution < 1.29 is 5.11 Å². The Labute approximate surface area is 91.3 Å². The van der Waals surface area contributed by atoms with Crippen molar-refractivity contribution in [3.8, 4) is 17.0 Å². The number of H-pyrrole nitrogens is 1. The van der Waals surface area contributed by atoms with E-state index < -0.39 is 0 Å². The zero-order valence-corrected chi connectivity index (χ0v) is 8.40. The molecule has 1 aliphatic heterocycles. The third kappa shape index (κ3) is 1.26. The second-order valence-corrected chi connectivity index (χ2v) is 3.76. The van der Waals surface area contributed by atoms with Crippen LogP contribution in [0, 0.1) is 0 Å². The van der Waals surface area contributed by atoms with Crippen LogP contribution in [0.4, 0.5) is 0 Å². The van der Waals surface area contributed by atoms with Crippen LogP contribution < -0.4 is 5.43 Å². The van der Waals surface area contributed by atoms with Crippen LogP contribution in [0.1, 0.15) is 0 Å². The number of phenolic OH excluding ortho intramolecular Hbond substituents is 1. The molecule has 78 valence electrons. The molecule has 0 saturated heterocycles. The summed E-state index contributed by atoms with van der Waals surface area (Å²) >= 11 is 0. The van der Waals surface area contributed by atoms with Crippen LogP contribution >= 0.6 is 0 Å². The first-order valence-corrected chi connectivity index (χ1v) is 4.99. The molecule has 3 heteroatoms. The number of hydrogen-bond donors (Lipinski definition) is 2. The molecule has 0 unspecified atom stereocenters. The highest BCUT2D eigenvalue weighted by Crippen LogP contribution is 2.24. The Morgan fingerprint density at radius 2 is 1.88 bits per heavy atom. The predicted octanol–water partition coefficient (Wildman–Crippen LogP) is 2.34. The Kier molecular flexibility index (Phi) is 1.74. The lowest BCUT2D eigenvalue weighted by Crippen LogP contribution is -2.05. The summed E-state index contributed by atoms with van der Waals surface area (Å²) in [6.45, 7) is 0. The first-order chi connectivity index (χ1) is 7.74. The molecule has 0 atom stereocenters. The molecule has 0 fully saturated rings. The van der Waals surface area contributed by atoms with E-state index in [0.29, 0.717) is 11.3 Å². The van der Waals surface area contributed by atoms with E-state index in [1.165, 1.54) is 6.07 Å². The Morgan fingerprint density at radius 3 is 2.75 bits per heavy atom. The molecule has 0 spiro atoms. The van der Waals surface area contributed by atoms with E-state index in [-0.39, 0.29) is 11.2 Å². The van der Waals surface area contributed by atoms with E-state index >= 15 is 0 Å². The fraction of sp³-hybridized carbons (Fsp3) is 0. The van der Waals surface area contributed by atoms with Crippen LogP contribution in [-0.4, -0.2) is 10.1 Å². The van der Waals surface area contributed by atoms with E-state index in [9.17, 15) is 9.90 Å². The van der Waals surface area contributed by atoms with E-state index in [4.69, 9.17) is 0 Å². The lowest BCUT2D eigenvalue weighted by atomic mass is 10.1. The van der Waals surface area contributed by atoms with Crippen molar-refractivity contribution in [1.29, 1.82) is 0 Å². The van der Waals surface area contributed by atoms with Crippen LogP contribution in [0.2, 0.25) is 0 Å². The molecule has 0 aromatic heterocycles. The summed E-state index contributed by atoms with van der Waals surface area (Å²) in [6, 6.07) is 12.3. The number of phenols is 1. The number of pyridine rings is 1. The maximum atomic E-state index is 11.7. The van der Waals surface area contributed by atoms with Gasteiger partial charge in [0, 0.05) is 23.2 Å². The molecule has 16 heavy (non-hydrogen) atoms. The summed E-state index contributed by atoms with van der Waals surface area (Å²) in [4.78, 5) is 14.8. The number of benzene rings is 2. The number of aromatic hydroxyl groups is 1. The quantitative estimate of drug-likeness (QED) is 0.561. The zero-order valence-electron chi connectivity index (χ0n) is 8.40. The molecule has 3 nitrogen and oxygen atoms in total. The Balaban J connectivity index is 2.52. The van der Waals surface area contributed by atoms with Gasteiger partial charge in [-0.1, -0.05) is 18.2 Å². The summed E-state index contributed by atoms with van der Waals surface area (Å²) in [6.07, 6.45) is 0. The SMILES string of the molecule is O=c1cc(O)cc2[nH]c3ccccc3cc1-2. The van der Waals surface area contributed by atoms with Crippen LogP contribution in [0.5, 0.6) is 5.75 Å². The number of hydrogen-bond acceptors (Lipinski definition) is 2. The van der Waals surface area contributed by atoms with Crippen molar-refractivity contribution >= 4 is 10.9 Å². The smallest absolute Gasteiger partial charge is 0.191 e. The average Bonchev–Trinajstić information content (AvgIpc) is 2.27. The normalized spacial score (nSPS) is 11.0. The number of aromatic nitrogens is 1. The van der Waals surface area contributed by atoms with Gasteiger partial charge in [-0.3, -0.25) is 4.79 Å². The summed E-state index contributed by atoms with van der Waals surface area (Å²) in [5.41, 5.74) is 2.03. The third-order valence-electron chi connectivity index (χ3n) is 2.66. The van der Waals surface area contributed by atoms with E-state index in [1.54, 1.807) is 6.07 Å². The maximum absolute atomic E-state index is 11.7. The monoisotopic (exact) mass is 211 g/mol. The van der Waals surface area contributed by atoms with Gasteiger partial charge in [0.1, 0.15) is 5.75 Å². The van der Waals surface area contributed by atoms with Crippen molar-refractivity contribution in [3.05, 3.63) is 52.7 Å². The van der Waals surface area contributed by atoms with Crippen molar-refractivity contribution in [2.24, 2.45) is 0 Å². The fourth-order valence-electron chi connectivity index (χ4n) is 1.90. The maximum Gasteiger partial charge on any atom is 0.191 e. The minimum Gasteiger partial charge on any atom is -0.508 e. The third-order valence-corrected chi connectivity index (χ3v) is 2.66. The van der Waals surface area contributed by atoms with Crippen LogP contribution in [0.25, 0.3) is 22.2 Å². The van der Waals surface area contributed by atoms with Crippen LogP contribution in [0.3, 0.4) is 0 Å². The van der Waals surface area contributed by atoms with Gasteiger partial charge in [0.15, 0.2) is 5.43 Å². The Morgan fingerprint density at radius 1 is 1.06 bits per heavy atom. The fourth-order valence-corrected chi connectivity index (χ4v) is 1.90. The molecule has 0 bridgehead atoms. The summed E-state index contributed by atoms with van der Waals surface area (Å²) in [7, 11) is 0. The lowest BCUT2D eigenvalue weighted by Gasteiger charge is -2.07. The van der Waals surface area contributed by atoms with E-state index in [1.807, 2.05) is 30.3 Å². The highest BCUT2D eigenvalue weighted by Gasteiger charge is 2.09. The highest BCUT2D eigenvalue weighted by molar-refractivity contribution is 5.85. The van der Waals surface area contributed by atoms with Crippen molar-refractivity contribution in [3.63, 3.8) is 0 Å². The molecule has 1 heterocycles. The largest absolute Gasteiger partial charge is 0.508 e. The van der Waals surface area contributed by atoms with Gasteiger partial charge in [-0.15, -0.1) is 0 Å². The molecule has 1 aromatic carbocycles. The molecule has 2 N–H and O–H groups in total. The minimum atomic E-state index is -0.169. The van der Waals surface area contributed by atoms with Crippen molar-refractivity contribution in [2.75, 3.05) is 0 Å². The number of aromatic amines is 1. The first kappa shape index (κ1) is 8.97. The molecule has 2 aliphatic rings. The van der Waals surface area contributed by atoms with Crippen LogP contribution in [0.15, 0.2) is 47.3 Å². The van der Waals surface area contributed by atoms with Gasteiger partial charge in [0.25, 0.3) is 0 Å². The number of para-hydroxylation sites is 1. The van der Waals surface area contributed by atoms with Gasteiger partial charge in [0.05, 0.1) is 5.69 Å². The van der Waals surface area contributed by atoms with Crippen molar-refractivity contribution in [2.45, 2.75) is 0 Å². The van der Waals surface area contributed by atoms with Gasteiger partial charge in [0.2, 0.25) is 0 Å². The second kappa shape index (κ2) is 3.10. The van der Waals surface area contributed by atoms with Crippen LogP contribution in [-0.2, 0) is 0 Å². The average molecular weight is 211 g/mol. The molecular formula is C13H9NO2. The molecule has 1 aliphatic carbocycles. The topological polar surface area (TPSA) is 53.1 Å². The van der Waals surface area contributed by atoms with Gasteiger partial charge < -0.3 is 10.1 Å². The zero-order chi connectivity index (χ0) is 11.1.